The maximum Gasteiger partial charge on any atom is 0.254 e. The van der Waals surface area contributed by atoms with Crippen molar-refractivity contribution in [3.63, 3.8) is 0 Å². The average molecular weight is 301 g/mol. The maximum atomic E-state index is 12.9. The number of rotatable bonds is 1. The molecule has 2 heterocycles. The molecule has 4 nitrogen and oxygen atoms in total. The van der Waals surface area contributed by atoms with Crippen molar-refractivity contribution in [2.24, 2.45) is 0 Å². The van der Waals surface area contributed by atoms with Crippen LogP contribution in [0.5, 0.6) is 5.75 Å². The quantitative estimate of drug-likeness (QED) is 0.800. The zero-order valence-electron chi connectivity index (χ0n) is 13.1. The molecule has 1 aromatic rings. The summed E-state index contributed by atoms with van der Waals surface area (Å²) in [7, 11) is 0. The van der Waals surface area contributed by atoms with Crippen LogP contribution in [-0.4, -0.2) is 42.2 Å². The highest BCUT2D eigenvalue weighted by molar-refractivity contribution is 5.94. The fourth-order valence-electron chi connectivity index (χ4n) is 4.08. The molecule has 118 valence electrons. The zero-order valence-corrected chi connectivity index (χ0v) is 13.1. The van der Waals surface area contributed by atoms with Gasteiger partial charge in [-0.1, -0.05) is 12.8 Å². The van der Waals surface area contributed by atoms with Crippen LogP contribution in [0.25, 0.3) is 0 Å². The Kier molecular flexibility index (Phi) is 3.37. The van der Waals surface area contributed by atoms with Gasteiger partial charge >= 0.3 is 0 Å². The lowest BCUT2D eigenvalue weighted by atomic mass is 9.98. The topological polar surface area (TPSA) is 38.8 Å². The predicted octanol–water partition coefficient (Wildman–Crippen LogP) is 2.80. The molecule has 22 heavy (non-hydrogen) atoms. The molecule has 2 aliphatic heterocycles. The minimum atomic E-state index is -0.0672. The number of benzene rings is 1. The lowest BCUT2D eigenvalue weighted by Crippen LogP contribution is -2.52. The van der Waals surface area contributed by atoms with E-state index < -0.39 is 0 Å². The highest BCUT2D eigenvalue weighted by atomic mass is 16.5. The van der Waals surface area contributed by atoms with Gasteiger partial charge in [0.2, 0.25) is 0 Å². The summed E-state index contributed by atoms with van der Waals surface area (Å²) in [4.78, 5) is 14.8. The fourth-order valence-corrected chi connectivity index (χ4v) is 4.08. The number of hydrogen-bond acceptors (Lipinski definition) is 3. The van der Waals surface area contributed by atoms with Gasteiger partial charge in [0, 0.05) is 18.5 Å². The van der Waals surface area contributed by atoms with E-state index in [1.54, 1.807) is 0 Å². The minimum absolute atomic E-state index is 0.0672. The first kappa shape index (κ1) is 14.1. The Morgan fingerprint density at radius 1 is 1.32 bits per heavy atom. The van der Waals surface area contributed by atoms with Crippen molar-refractivity contribution >= 4 is 5.91 Å². The van der Waals surface area contributed by atoms with E-state index in [0.717, 1.165) is 42.7 Å². The lowest BCUT2D eigenvalue weighted by molar-refractivity contribution is -0.0948. The number of carbonyl (C=O) groups excluding carboxylic acids is 1. The summed E-state index contributed by atoms with van der Waals surface area (Å²) in [5.74, 6) is 1.07. The van der Waals surface area contributed by atoms with Crippen LogP contribution in [0.15, 0.2) is 18.2 Å². The first-order chi connectivity index (χ1) is 10.7. The first-order valence-corrected chi connectivity index (χ1v) is 8.38. The van der Waals surface area contributed by atoms with Gasteiger partial charge in [0.1, 0.15) is 11.9 Å². The van der Waals surface area contributed by atoms with Crippen molar-refractivity contribution in [2.75, 3.05) is 19.7 Å². The van der Waals surface area contributed by atoms with Crippen molar-refractivity contribution in [1.82, 2.24) is 4.90 Å². The number of ether oxygens (including phenoxy) is 2. The Morgan fingerprint density at radius 3 is 2.95 bits per heavy atom. The third-order valence-corrected chi connectivity index (χ3v) is 5.19. The van der Waals surface area contributed by atoms with E-state index in [0.29, 0.717) is 13.2 Å². The van der Waals surface area contributed by atoms with E-state index in [1.807, 2.05) is 23.1 Å². The molecule has 0 N–H and O–H groups in total. The van der Waals surface area contributed by atoms with Crippen molar-refractivity contribution in [2.45, 2.75) is 50.7 Å². The maximum absolute atomic E-state index is 12.9. The van der Waals surface area contributed by atoms with Crippen LogP contribution in [0, 0.1) is 0 Å². The normalized spacial score (nSPS) is 26.0. The third kappa shape index (κ3) is 2.39. The molecule has 1 spiro atoms. The van der Waals surface area contributed by atoms with Gasteiger partial charge in [-0.2, -0.15) is 0 Å². The van der Waals surface area contributed by atoms with E-state index in [-0.39, 0.29) is 17.6 Å². The molecular weight excluding hydrogens is 278 g/mol. The third-order valence-electron chi connectivity index (χ3n) is 5.19. The Morgan fingerprint density at radius 2 is 2.14 bits per heavy atom. The van der Waals surface area contributed by atoms with Gasteiger partial charge in [-0.25, -0.2) is 0 Å². The Labute approximate surface area is 131 Å². The molecule has 1 saturated carbocycles. The van der Waals surface area contributed by atoms with Crippen LogP contribution in [0.1, 0.15) is 48.5 Å². The largest absolute Gasteiger partial charge is 0.490 e. The van der Waals surface area contributed by atoms with Crippen LogP contribution in [-0.2, 0) is 11.2 Å². The second kappa shape index (κ2) is 5.27. The van der Waals surface area contributed by atoms with Crippen LogP contribution in [0.2, 0.25) is 0 Å². The Hall–Kier alpha value is -1.55. The molecule has 1 aliphatic carbocycles. The van der Waals surface area contributed by atoms with E-state index in [2.05, 4.69) is 6.92 Å². The van der Waals surface area contributed by atoms with Crippen molar-refractivity contribution in [1.29, 1.82) is 0 Å². The molecule has 1 amide bonds. The SMILES string of the molecule is CC1Cc2cc(C(=O)N3CCOC4(CCCC4)C3)ccc2O1. The van der Waals surface area contributed by atoms with Gasteiger partial charge in [-0.3, -0.25) is 4.79 Å². The lowest BCUT2D eigenvalue weighted by Gasteiger charge is -2.40. The number of hydrogen-bond donors (Lipinski definition) is 0. The standard InChI is InChI=1S/C18H23NO3/c1-13-10-15-11-14(4-5-16(15)22-13)17(20)19-8-9-21-18(12-19)6-2-3-7-18/h4-5,11,13H,2-3,6-10,12H2,1H3. The molecule has 0 bridgehead atoms. The monoisotopic (exact) mass is 301 g/mol. The number of carbonyl (C=O) groups is 1. The summed E-state index contributed by atoms with van der Waals surface area (Å²) in [6.45, 7) is 4.17. The van der Waals surface area contributed by atoms with Gasteiger partial charge in [-0.05, 0) is 43.5 Å². The predicted molar refractivity (Wildman–Crippen MR) is 83.3 cm³/mol. The van der Waals surface area contributed by atoms with E-state index >= 15 is 0 Å². The summed E-state index contributed by atoms with van der Waals surface area (Å²) in [6, 6.07) is 5.85. The molecule has 1 atom stereocenters. The van der Waals surface area contributed by atoms with E-state index in [1.165, 1.54) is 12.8 Å². The van der Waals surface area contributed by atoms with E-state index in [4.69, 9.17) is 9.47 Å². The molecule has 0 aromatic heterocycles. The average Bonchev–Trinajstić information content (AvgIpc) is 3.11. The van der Waals surface area contributed by atoms with Crippen molar-refractivity contribution in [3.05, 3.63) is 29.3 Å². The molecule has 1 unspecified atom stereocenters. The first-order valence-electron chi connectivity index (χ1n) is 8.38. The molecule has 4 heteroatoms. The Bertz CT molecular complexity index is 592. The number of amides is 1. The highest BCUT2D eigenvalue weighted by Gasteiger charge is 2.40. The highest BCUT2D eigenvalue weighted by Crippen LogP contribution is 2.36. The summed E-state index contributed by atoms with van der Waals surface area (Å²) < 4.78 is 11.7. The van der Waals surface area contributed by atoms with Crippen molar-refractivity contribution < 1.29 is 14.3 Å². The van der Waals surface area contributed by atoms with Crippen LogP contribution >= 0.6 is 0 Å². The second-order valence-electron chi connectivity index (χ2n) is 6.92. The van der Waals surface area contributed by atoms with E-state index in [9.17, 15) is 4.79 Å². The molecule has 0 radical (unpaired) electrons. The van der Waals surface area contributed by atoms with Crippen LogP contribution in [0.4, 0.5) is 0 Å². The number of morpholine rings is 1. The van der Waals surface area contributed by atoms with Gasteiger partial charge in [0.15, 0.2) is 0 Å². The zero-order chi connectivity index (χ0) is 15.2. The molecule has 3 aliphatic rings. The summed E-state index contributed by atoms with van der Waals surface area (Å²) in [5.41, 5.74) is 1.87. The summed E-state index contributed by atoms with van der Waals surface area (Å²) in [5, 5.41) is 0. The molecule has 1 saturated heterocycles. The smallest absolute Gasteiger partial charge is 0.254 e. The minimum Gasteiger partial charge on any atom is -0.490 e. The Balaban J connectivity index is 1.53. The molecular formula is C18H23NO3. The number of fused-ring (bicyclic) bond motifs is 1. The van der Waals surface area contributed by atoms with Gasteiger partial charge in [0.05, 0.1) is 18.8 Å². The van der Waals surface area contributed by atoms with Gasteiger partial charge < -0.3 is 14.4 Å². The molecule has 1 aromatic carbocycles. The molecule has 2 fully saturated rings. The summed E-state index contributed by atoms with van der Waals surface area (Å²) in [6.07, 6.45) is 5.72. The number of nitrogens with zero attached hydrogens (tertiary/aromatic N) is 1. The summed E-state index contributed by atoms with van der Waals surface area (Å²) >= 11 is 0. The van der Waals surface area contributed by atoms with Crippen molar-refractivity contribution in [3.8, 4) is 5.75 Å². The van der Waals surface area contributed by atoms with Crippen LogP contribution < -0.4 is 4.74 Å². The molecule has 4 rings (SSSR count). The van der Waals surface area contributed by atoms with Crippen LogP contribution in [0.3, 0.4) is 0 Å². The fraction of sp³-hybridized carbons (Fsp3) is 0.611. The van der Waals surface area contributed by atoms with Gasteiger partial charge in [0.25, 0.3) is 5.91 Å². The second-order valence-corrected chi connectivity index (χ2v) is 6.92. The van der Waals surface area contributed by atoms with Gasteiger partial charge in [-0.15, -0.1) is 0 Å².